The minimum atomic E-state index is -0.367. The number of aliphatic hydroxyl groups is 1. The van der Waals surface area contributed by atoms with Crippen LogP contribution in [-0.4, -0.2) is 40.6 Å². The second kappa shape index (κ2) is 8.36. The van der Waals surface area contributed by atoms with Crippen molar-refractivity contribution in [1.29, 1.82) is 0 Å². The first-order chi connectivity index (χ1) is 7.93. The smallest absolute Gasteiger partial charge is 0.227 e. The van der Waals surface area contributed by atoms with Crippen molar-refractivity contribution in [2.45, 2.75) is 38.6 Å². The minimum absolute atomic E-state index is 0.0558. The highest BCUT2D eigenvalue weighted by atomic mass is 32.2. The number of nitrogens with one attached hydrogen (secondary N) is 1. The molecule has 0 aliphatic carbocycles. The van der Waals surface area contributed by atoms with Crippen molar-refractivity contribution in [3.8, 4) is 0 Å². The van der Waals surface area contributed by atoms with Crippen LogP contribution < -0.4 is 11.1 Å². The number of amides is 2. The molecule has 0 fully saturated rings. The second-order valence-corrected chi connectivity index (χ2v) is 5.31. The van der Waals surface area contributed by atoms with Crippen LogP contribution in [0.1, 0.15) is 33.1 Å². The van der Waals surface area contributed by atoms with Gasteiger partial charge in [0.2, 0.25) is 11.8 Å². The molecule has 0 aromatic rings. The maximum atomic E-state index is 11.6. The highest BCUT2D eigenvalue weighted by Crippen LogP contribution is 2.14. The second-order valence-electron chi connectivity index (χ2n) is 4.20. The average Bonchev–Trinajstić information content (AvgIpc) is 2.24. The van der Waals surface area contributed by atoms with Crippen molar-refractivity contribution >= 4 is 23.6 Å². The van der Waals surface area contributed by atoms with Crippen LogP contribution in [0.15, 0.2) is 0 Å². The molecular formula is C11H22N2O3S. The molecular weight excluding hydrogens is 240 g/mol. The highest BCUT2D eigenvalue weighted by Gasteiger charge is 2.23. The first-order valence-electron chi connectivity index (χ1n) is 5.71. The zero-order valence-corrected chi connectivity index (χ0v) is 11.3. The van der Waals surface area contributed by atoms with Crippen LogP contribution in [0.4, 0.5) is 0 Å². The normalized spacial score (nSPS) is 14.1. The Labute approximate surface area is 107 Å². The van der Waals surface area contributed by atoms with Gasteiger partial charge in [-0.2, -0.15) is 11.8 Å². The molecule has 0 saturated heterocycles. The van der Waals surface area contributed by atoms with Gasteiger partial charge in [0, 0.05) is 24.3 Å². The molecule has 0 spiro atoms. The van der Waals surface area contributed by atoms with E-state index in [-0.39, 0.29) is 29.7 Å². The van der Waals surface area contributed by atoms with Crippen LogP contribution >= 0.6 is 11.8 Å². The molecule has 0 radical (unpaired) electrons. The number of carbonyl (C=O) groups is 2. The molecule has 17 heavy (non-hydrogen) atoms. The fraction of sp³-hybridized carbons (Fsp3) is 0.818. The minimum Gasteiger partial charge on any atom is -0.396 e. The molecule has 0 bridgehead atoms. The van der Waals surface area contributed by atoms with E-state index in [0.717, 1.165) is 6.42 Å². The van der Waals surface area contributed by atoms with Gasteiger partial charge in [0.25, 0.3) is 0 Å². The molecule has 1 atom stereocenters. The van der Waals surface area contributed by atoms with Gasteiger partial charge in [-0.05, 0) is 19.8 Å². The van der Waals surface area contributed by atoms with Gasteiger partial charge in [-0.3, -0.25) is 9.59 Å². The molecule has 6 heteroatoms. The average molecular weight is 262 g/mol. The van der Waals surface area contributed by atoms with Gasteiger partial charge >= 0.3 is 0 Å². The predicted molar refractivity (Wildman–Crippen MR) is 69.7 cm³/mol. The Balaban J connectivity index is 3.87. The molecule has 100 valence electrons. The van der Waals surface area contributed by atoms with Gasteiger partial charge in [-0.25, -0.2) is 0 Å². The number of rotatable bonds is 9. The summed E-state index contributed by atoms with van der Waals surface area (Å²) in [6.07, 6.45) is 1.68. The molecule has 0 rings (SSSR count). The Morgan fingerprint density at radius 1 is 1.47 bits per heavy atom. The standard InChI is InChI=1S/C11H22N2O3S/c1-3-11(2,5-6-14)13-10(16)4-7-17-8-9(12)15/h14H,3-8H2,1-2H3,(H2,12,15)(H,13,16). The van der Waals surface area contributed by atoms with E-state index in [4.69, 9.17) is 10.8 Å². The molecule has 0 aromatic heterocycles. The van der Waals surface area contributed by atoms with Crippen LogP contribution in [0.2, 0.25) is 0 Å². The monoisotopic (exact) mass is 262 g/mol. The lowest BCUT2D eigenvalue weighted by Crippen LogP contribution is -2.46. The molecule has 2 amide bonds. The van der Waals surface area contributed by atoms with Crippen LogP contribution in [0, 0.1) is 0 Å². The predicted octanol–water partition coefficient (Wildman–Crippen LogP) is 0.262. The summed E-state index contributed by atoms with van der Waals surface area (Å²) >= 11 is 1.35. The van der Waals surface area contributed by atoms with E-state index in [9.17, 15) is 9.59 Å². The fourth-order valence-electron chi connectivity index (χ4n) is 1.31. The quantitative estimate of drug-likeness (QED) is 0.520. The number of hydrogen-bond acceptors (Lipinski definition) is 4. The lowest BCUT2D eigenvalue weighted by atomic mass is 9.95. The number of primary amides is 1. The molecule has 1 unspecified atom stereocenters. The number of aliphatic hydroxyl groups excluding tert-OH is 1. The number of hydrogen-bond donors (Lipinski definition) is 3. The molecule has 5 nitrogen and oxygen atoms in total. The van der Waals surface area contributed by atoms with Crippen molar-refractivity contribution in [1.82, 2.24) is 5.32 Å². The SMILES string of the molecule is CCC(C)(CCO)NC(=O)CCSCC(N)=O. The molecule has 0 aliphatic heterocycles. The number of carbonyl (C=O) groups excluding carboxylic acids is 2. The lowest BCUT2D eigenvalue weighted by Gasteiger charge is -2.29. The van der Waals surface area contributed by atoms with E-state index in [1.165, 1.54) is 11.8 Å². The maximum Gasteiger partial charge on any atom is 0.227 e. The molecule has 0 aromatic carbocycles. The van der Waals surface area contributed by atoms with E-state index >= 15 is 0 Å². The fourth-order valence-corrected chi connectivity index (χ4v) is 1.99. The van der Waals surface area contributed by atoms with E-state index in [1.54, 1.807) is 0 Å². The Morgan fingerprint density at radius 3 is 2.59 bits per heavy atom. The van der Waals surface area contributed by atoms with Crippen LogP contribution in [0.25, 0.3) is 0 Å². The van der Waals surface area contributed by atoms with Crippen LogP contribution in [-0.2, 0) is 9.59 Å². The summed E-state index contributed by atoms with van der Waals surface area (Å²) in [5, 5.41) is 11.8. The molecule has 4 N–H and O–H groups in total. The summed E-state index contributed by atoms with van der Waals surface area (Å²) in [5.74, 6) is 0.400. The van der Waals surface area contributed by atoms with Gasteiger partial charge in [-0.15, -0.1) is 0 Å². The third kappa shape index (κ3) is 8.04. The molecule has 0 heterocycles. The van der Waals surface area contributed by atoms with E-state index in [2.05, 4.69) is 5.32 Å². The van der Waals surface area contributed by atoms with E-state index < -0.39 is 0 Å². The van der Waals surface area contributed by atoms with Gasteiger partial charge < -0.3 is 16.2 Å². The topological polar surface area (TPSA) is 92.4 Å². The zero-order valence-electron chi connectivity index (χ0n) is 10.5. The van der Waals surface area contributed by atoms with Crippen molar-refractivity contribution < 1.29 is 14.7 Å². The Kier molecular flexibility index (Phi) is 7.99. The van der Waals surface area contributed by atoms with E-state index in [0.29, 0.717) is 18.6 Å². The van der Waals surface area contributed by atoms with E-state index in [1.807, 2.05) is 13.8 Å². The van der Waals surface area contributed by atoms with Crippen molar-refractivity contribution in [2.24, 2.45) is 5.73 Å². The Hall–Kier alpha value is -0.750. The summed E-state index contributed by atoms with van der Waals surface area (Å²) in [5.41, 5.74) is 4.64. The summed E-state index contributed by atoms with van der Waals surface area (Å²) < 4.78 is 0. The van der Waals surface area contributed by atoms with Crippen molar-refractivity contribution in [3.05, 3.63) is 0 Å². The lowest BCUT2D eigenvalue weighted by molar-refractivity contribution is -0.122. The van der Waals surface area contributed by atoms with Crippen molar-refractivity contribution in [2.75, 3.05) is 18.1 Å². The maximum absolute atomic E-state index is 11.6. The summed E-state index contributed by atoms with van der Waals surface area (Å²) in [7, 11) is 0. The first-order valence-corrected chi connectivity index (χ1v) is 6.87. The number of nitrogens with two attached hydrogens (primary N) is 1. The molecule has 0 saturated carbocycles. The summed E-state index contributed by atoms with van der Waals surface area (Å²) in [6.45, 7) is 3.94. The van der Waals surface area contributed by atoms with Gasteiger partial charge in [0.15, 0.2) is 0 Å². The largest absolute Gasteiger partial charge is 0.396 e. The highest BCUT2D eigenvalue weighted by molar-refractivity contribution is 7.99. The Bertz CT molecular complexity index is 261. The zero-order chi connectivity index (χ0) is 13.3. The van der Waals surface area contributed by atoms with Gasteiger partial charge in [0.1, 0.15) is 0 Å². The van der Waals surface area contributed by atoms with Gasteiger partial charge in [0.05, 0.1) is 5.75 Å². The van der Waals surface area contributed by atoms with Crippen LogP contribution in [0.5, 0.6) is 0 Å². The third-order valence-electron chi connectivity index (χ3n) is 2.60. The van der Waals surface area contributed by atoms with Gasteiger partial charge in [-0.1, -0.05) is 6.92 Å². The van der Waals surface area contributed by atoms with Crippen molar-refractivity contribution in [3.63, 3.8) is 0 Å². The number of thioether (sulfide) groups is 1. The molecule has 0 aliphatic rings. The first kappa shape index (κ1) is 16.2. The summed E-state index contributed by atoms with van der Waals surface area (Å²) in [6, 6.07) is 0. The van der Waals surface area contributed by atoms with Crippen LogP contribution in [0.3, 0.4) is 0 Å². The third-order valence-corrected chi connectivity index (χ3v) is 3.58. The summed E-state index contributed by atoms with van der Waals surface area (Å²) in [4.78, 5) is 22.1. The Morgan fingerprint density at radius 2 is 2.12 bits per heavy atom.